The Labute approximate surface area is 255 Å². The Morgan fingerprint density at radius 2 is 1.73 bits per heavy atom. The van der Waals surface area contributed by atoms with Crippen molar-refractivity contribution in [3.63, 3.8) is 0 Å². The standard InChI is InChI=1S/C34H37F2N3O5/c1-22(40)39(20-23-9-13-27(14-10-23)38-15-4-3-5-16-38)44-21-26-17-29(26)33(41)37-19-25-12-11-24(18-31(25)36)28-7-6-8-30(35)32(28)34(42)43-2/h6-14,18,26,29H,3-5,15-17,19-21H2,1-2H3,(H,37,41). The molecule has 1 aliphatic heterocycles. The quantitative estimate of drug-likeness (QED) is 0.225. The van der Waals surface area contributed by atoms with Crippen molar-refractivity contribution in [1.82, 2.24) is 10.4 Å². The van der Waals surface area contributed by atoms with E-state index in [1.54, 1.807) is 6.07 Å². The highest BCUT2D eigenvalue weighted by Gasteiger charge is 2.43. The van der Waals surface area contributed by atoms with Gasteiger partial charge in [0, 0.05) is 43.7 Å². The van der Waals surface area contributed by atoms with Crippen molar-refractivity contribution in [2.24, 2.45) is 11.8 Å². The third kappa shape index (κ3) is 7.42. The van der Waals surface area contributed by atoms with E-state index < -0.39 is 17.6 Å². The number of piperidine rings is 1. The second-order valence-electron chi connectivity index (χ2n) is 11.3. The second-order valence-corrected chi connectivity index (χ2v) is 11.3. The van der Waals surface area contributed by atoms with E-state index in [0.29, 0.717) is 18.5 Å². The van der Waals surface area contributed by atoms with Crippen molar-refractivity contribution in [3.8, 4) is 11.1 Å². The number of nitrogens with zero attached hydrogens (tertiary/aromatic N) is 2. The van der Waals surface area contributed by atoms with Gasteiger partial charge in [0.25, 0.3) is 0 Å². The van der Waals surface area contributed by atoms with Gasteiger partial charge in [0.1, 0.15) is 17.2 Å². The SMILES string of the molecule is COC(=O)c1c(F)cccc1-c1ccc(CNC(=O)C2CC2CON(Cc2ccc(N3CCCCC3)cc2)C(C)=O)c(F)c1. The molecule has 0 bridgehead atoms. The van der Waals surface area contributed by atoms with Crippen LogP contribution in [0.3, 0.4) is 0 Å². The Morgan fingerprint density at radius 3 is 2.41 bits per heavy atom. The summed E-state index contributed by atoms with van der Waals surface area (Å²) in [6.07, 6.45) is 4.29. The van der Waals surface area contributed by atoms with E-state index in [4.69, 9.17) is 4.84 Å². The molecular formula is C34H37F2N3O5. The van der Waals surface area contributed by atoms with E-state index in [1.807, 2.05) is 12.1 Å². The number of benzene rings is 3. The molecule has 0 aromatic heterocycles. The molecule has 3 aromatic carbocycles. The van der Waals surface area contributed by atoms with E-state index >= 15 is 0 Å². The lowest BCUT2D eigenvalue weighted by atomic mass is 9.98. The van der Waals surface area contributed by atoms with Crippen molar-refractivity contribution in [3.05, 3.63) is 89.0 Å². The number of carbonyl (C=O) groups is 3. The molecule has 1 heterocycles. The Bertz CT molecular complexity index is 1510. The highest BCUT2D eigenvalue weighted by atomic mass is 19.1. The molecule has 2 unspecified atom stereocenters. The van der Waals surface area contributed by atoms with Gasteiger partial charge in [-0.1, -0.05) is 36.4 Å². The summed E-state index contributed by atoms with van der Waals surface area (Å²) in [5.74, 6) is -2.99. The molecule has 1 aliphatic carbocycles. The van der Waals surface area contributed by atoms with Gasteiger partial charge in [-0.3, -0.25) is 14.4 Å². The predicted molar refractivity (Wildman–Crippen MR) is 161 cm³/mol. The fourth-order valence-electron chi connectivity index (χ4n) is 5.56. The Hall–Kier alpha value is -4.31. The van der Waals surface area contributed by atoms with Crippen LogP contribution in [-0.4, -0.2) is 49.7 Å². The number of anilines is 1. The zero-order valence-corrected chi connectivity index (χ0v) is 25.0. The highest BCUT2D eigenvalue weighted by molar-refractivity contribution is 5.97. The van der Waals surface area contributed by atoms with E-state index in [-0.39, 0.29) is 53.5 Å². The predicted octanol–water partition coefficient (Wildman–Crippen LogP) is 5.64. The molecule has 1 N–H and O–H groups in total. The normalized spacial score (nSPS) is 17.6. The average Bonchev–Trinajstić information content (AvgIpc) is 3.82. The molecule has 10 heteroatoms. The molecule has 232 valence electrons. The molecule has 3 aromatic rings. The molecule has 5 rings (SSSR count). The van der Waals surface area contributed by atoms with Crippen LogP contribution in [0.1, 0.15) is 54.1 Å². The first-order valence-electron chi connectivity index (χ1n) is 14.9. The van der Waals surface area contributed by atoms with Gasteiger partial charge in [-0.25, -0.2) is 18.6 Å². The minimum atomic E-state index is -0.855. The largest absolute Gasteiger partial charge is 0.465 e. The number of ether oxygens (including phenoxy) is 1. The number of hydroxylamine groups is 2. The van der Waals surface area contributed by atoms with Gasteiger partial charge in [-0.05, 0) is 72.6 Å². The van der Waals surface area contributed by atoms with E-state index in [9.17, 15) is 23.2 Å². The molecule has 1 saturated heterocycles. The third-order valence-corrected chi connectivity index (χ3v) is 8.26. The summed E-state index contributed by atoms with van der Waals surface area (Å²) in [5.41, 5.74) is 2.64. The number of carbonyl (C=O) groups excluding carboxylic acids is 3. The van der Waals surface area contributed by atoms with Crippen molar-refractivity contribution in [1.29, 1.82) is 0 Å². The highest BCUT2D eigenvalue weighted by Crippen LogP contribution is 2.39. The number of methoxy groups -OCH3 is 1. The van der Waals surface area contributed by atoms with Gasteiger partial charge in [-0.15, -0.1) is 0 Å². The van der Waals surface area contributed by atoms with Crippen LogP contribution >= 0.6 is 0 Å². The second kappa shape index (κ2) is 14.0. The summed E-state index contributed by atoms with van der Waals surface area (Å²) >= 11 is 0. The van der Waals surface area contributed by atoms with Crippen molar-refractivity contribution >= 4 is 23.5 Å². The summed E-state index contributed by atoms with van der Waals surface area (Å²) in [6, 6.07) is 16.5. The fourth-order valence-corrected chi connectivity index (χ4v) is 5.56. The summed E-state index contributed by atoms with van der Waals surface area (Å²) in [5, 5.41) is 4.09. The number of halogens is 2. The van der Waals surface area contributed by atoms with Crippen molar-refractivity contribution < 1.29 is 32.7 Å². The minimum absolute atomic E-state index is 0.0327. The summed E-state index contributed by atoms with van der Waals surface area (Å²) in [7, 11) is 1.15. The number of hydrogen-bond acceptors (Lipinski definition) is 6. The Balaban J connectivity index is 1.11. The lowest BCUT2D eigenvalue weighted by Gasteiger charge is -2.29. The van der Waals surface area contributed by atoms with E-state index in [2.05, 4.69) is 27.1 Å². The lowest BCUT2D eigenvalue weighted by Crippen LogP contribution is -2.31. The maximum atomic E-state index is 15.0. The molecule has 2 fully saturated rings. The van der Waals surface area contributed by atoms with Crippen LogP contribution in [-0.2, 0) is 32.3 Å². The van der Waals surface area contributed by atoms with Crippen LogP contribution < -0.4 is 10.2 Å². The molecule has 0 radical (unpaired) electrons. The first-order valence-corrected chi connectivity index (χ1v) is 14.9. The van der Waals surface area contributed by atoms with E-state index in [0.717, 1.165) is 31.8 Å². The first-order chi connectivity index (χ1) is 21.2. The topological polar surface area (TPSA) is 88.2 Å². The first kappa shape index (κ1) is 31.1. The fraction of sp³-hybridized carbons (Fsp3) is 0.382. The summed E-state index contributed by atoms with van der Waals surface area (Å²) in [6.45, 7) is 4.08. The van der Waals surface area contributed by atoms with Gasteiger partial charge in [0.05, 0.1) is 20.3 Å². The summed E-state index contributed by atoms with van der Waals surface area (Å²) < 4.78 is 33.9. The molecule has 2 aliphatic rings. The molecular weight excluding hydrogens is 568 g/mol. The van der Waals surface area contributed by atoms with Crippen LogP contribution in [0.2, 0.25) is 0 Å². The number of rotatable bonds is 11. The Morgan fingerprint density at radius 1 is 0.977 bits per heavy atom. The minimum Gasteiger partial charge on any atom is -0.465 e. The number of nitrogens with one attached hydrogen (secondary N) is 1. The van der Waals surface area contributed by atoms with Crippen LogP contribution in [0.25, 0.3) is 11.1 Å². The van der Waals surface area contributed by atoms with Crippen LogP contribution in [0.4, 0.5) is 14.5 Å². The lowest BCUT2D eigenvalue weighted by molar-refractivity contribution is -0.190. The summed E-state index contributed by atoms with van der Waals surface area (Å²) in [4.78, 5) is 45.3. The van der Waals surface area contributed by atoms with Gasteiger partial charge in [0.2, 0.25) is 11.8 Å². The van der Waals surface area contributed by atoms with Gasteiger partial charge < -0.3 is 15.0 Å². The van der Waals surface area contributed by atoms with Gasteiger partial charge in [-0.2, -0.15) is 0 Å². The molecule has 0 spiro atoms. The van der Waals surface area contributed by atoms with E-state index in [1.165, 1.54) is 61.2 Å². The molecule has 1 saturated carbocycles. The van der Waals surface area contributed by atoms with Crippen LogP contribution in [0, 0.1) is 23.5 Å². The molecule has 2 atom stereocenters. The smallest absolute Gasteiger partial charge is 0.341 e. The van der Waals surface area contributed by atoms with Gasteiger partial charge in [0.15, 0.2) is 0 Å². The molecule has 44 heavy (non-hydrogen) atoms. The average molecular weight is 606 g/mol. The number of hydrogen-bond donors (Lipinski definition) is 1. The van der Waals surface area contributed by atoms with Crippen LogP contribution in [0.15, 0.2) is 60.7 Å². The monoisotopic (exact) mass is 605 g/mol. The number of amides is 2. The maximum absolute atomic E-state index is 15.0. The Kier molecular flexibility index (Phi) is 9.89. The number of esters is 1. The van der Waals surface area contributed by atoms with Crippen molar-refractivity contribution in [2.75, 3.05) is 31.7 Å². The zero-order chi connectivity index (χ0) is 31.2. The van der Waals surface area contributed by atoms with Crippen molar-refractivity contribution in [2.45, 2.75) is 45.7 Å². The van der Waals surface area contributed by atoms with Crippen LogP contribution in [0.5, 0.6) is 0 Å². The molecule has 2 amide bonds. The molecule has 8 nitrogen and oxygen atoms in total. The maximum Gasteiger partial charge on any atom is 0.341 e. The third-order valence-electron chi connectivity index (χ3n) is 8.26. The van der Waals surface area contributed by atoms with Gasteiger partial charge >= 0.3 is 5.97 Å². The zero-order valence-electron chi connectivity index (χ0n) is 25.0.